The number of hydrogen-bond acceptors (Lipinski definition) is 4. The molecule has 0 aromatic heterocycles. The van der Waals surface area contributed by atoms with E-state index >= 15 is 0 Å². The van der Waals surface area contributed by atoms with Gasteiger partial charge in [0.25, 0.3) is 0 Å². The third-order valence-electron chi connectivity index (χ3n) is 5.43. The van der Waals surface area contributed by atoms with Gasteiger partial charge in [0.2, 0.25) is 0 Å². The van der Waals surface area contributed by atoms with E-state index in [1.807, 2.05) is 0 Å². The Labute approximate surface area is 143 Å². The van der Waals surface area contributed by atoms with Crippen LogP contribution < -0.4 is 9.47 Å². The molecule has 2 fully saturated rings. The van der Waals surface area contributed by atoms with Crippen LogP contribution in [0.3, 0.4) is 0 Å². The highest BCUT2D eigenvalue weighted by Gasteiger charge is 2.65. The van der Waals surface area contributed by atoms with E-state index in [-0.39, 0.29) is 48.5 Å². The highest BCUT2D eigenvalue weighted by molar-refractivity contribution is 5.89. The molecule has 4 nitrogen and oxygen atoms in total. The van der Waals surface area contributed by atoms with Crippen LogP contribution in [-0.2, 0) is 16.6 Å². The van der Waals surface area contributed by atoms with Gasteiger partial charge in [0.1, 0.15) is 0 Å². The van der Waals surface area contributed by atoms with Crippen molar-refractivity contribution in [1.29, 1.82) is 0 Å². The molecule has 0 amide bonds. The fraction of sp³-hybridized carbons (Fsp3) is 0.611. The molecule has 1 aromatic carbocycles. The lowest BCUT2D eigenvalue weighted by atomic mass is 9.52. The lowest BCUT2D eigenvalue weighted by Gasteiger charge is -2.57. The zero-order valence-electron chi connectivity index (χ0n) is 21.1. The first-order chi connectivity index (χ1) is 14.2. The average Bonchev–Trinajstić information content (AvgIpc) is 2.90. The van der Waals surface area contributed by atoms with Crippen molar-refractivity contribution in [3.8, 4) is 11.5 Å². The Kier molecular flexibility index (Phi) is 1.27. The van der Waals surface area contributed by atoms with Gasteiger partial charge in [-0.2, -0.15) is 0 Å². The monoisotopic (exact) mass is 308 g/mol. The molecule has 1 spiro atoms. The van der Waals surface area contributed by atoms with Gasteiger partial charge in [-0.3, -0.25) is 4.79 Å². The summed E-state index contributed by atoms with van der Waals surface area (Å²) in [5, 5.41) is 0. The number of likely N-dealkylation sites (N-methyl/N-ethyl adjacent to an activating group) is 1. The lowest BCUT2D eigenvalue weighted by molar-refractivity contribution is -0.138. The second-order valence-electron chi connectivity index (χ2n) is 6.20. The number of piperidine rings is 1. The van der Waals surface area contributed by atoms with Crippen LogP contribution in [0, 0.1) is 5.92 Å². The van der Waals surface area contributed by atoms with E-state index in [1.165, 1.54) is 7.11 Å². The number of nitrogens with zero attached hydrogens (tertiary/aromatic N) is 1. The Hall–Kier alpha value is -1.55. The van der Waals surface area contributed by atoms with E-state index in [1.54, 1.807) is 0 Å². The first-order valence-corrected chi connectivity index (χ1v) is 7.39. The van der Waals surface area contributed by atoms with Gasteiger partial charge in [0.15, 0.2) is 23.4 Å². The summed E-state index contributed by atoms with van der Waals surface area (Å²) < 4.78 is 86.9. The van der Waals surface area contributed by atoms with Crippen molar-refractivity contribution in [1.82, 2.24) is 4.90 Å². The Bertz CT molecular complexity index is 1040. The average molecular weight is 308 g/mol. The zero-order valence-corrected chi connectivity index (χ0v) is 12.1. The summed E-state index contributed by atoms with van der Waals surface area (Å²) in [6, 6.07) is -2.50. The summed E-state index contributed by atoms with van der Waals surface area (Å²) in [6.45, 7) is -2.78. The van der Waals surface area contributed by atoms with Crippen LogP contribution in [0.4, 0.5) is 0 Å². The standard InChI is InChI=1S/C18H21NO3/c1-19-8-7-18-11-4-5-13(20)17(18)22-16-14(21-2)6-3-10(15(16)18)9-12(11)19/h3,6,11-12,17H,4-5,7-9H2,1-2H3/t11-,12+,17?,18-/m0/s1/i1D3,3D,5D2,6D,12D,17D. The molecule has 2 bridgehead atoms. The van der Waals surface area contributed by atoms with Crippen molar-refractivity contribution in [3.05, 3.63) is 23.2 Å². The molecule has 1 unspecified atom stereocenters. The minimum Gasteiger partial charge on any atom is -0.493 e. The fourth-order valence-electron chi connectivity index (χ4n) is 4.52. The molecule has 116 valence electrons. The van der Waals surface area contributed by atoms with Gasteiger partial charge >= 0.3 is 0 Å². The van der Waals surface area contributed by atoms with Crippen molar-refractivity contribution in [2.45, 2.75) is 43.1 Å². The molecule has 4 aliphatic rings. The van der Waals surface area contributed by atoms with Gasteiger partial charge in [-0.25, -0.2) is 0 Å². The highest BCUT2D eigenvalue weighted by atomic mass is 16.5. The van der Waals surface area contributed by atoms with Gasteiger partial charge in [-0.1, -0.05) is 6.04 Å². The molecular formula is C18H21NO3. The van der Waals surface area contributed by atoms with E-state index in [4.69, 9.17) is 20.4 Å². The first kappa shape index (κ1) is 6.91. The Morgan fingerprint density at radius 3 is 3.36 bits per heavy atom. The summed E-state index contributed by atoms with van der Waals surface area (Å²) in [5.74, 6) is -2.28. The number of carbonyl (C=O) groups is 1. The van der Waals surface area contributed by atoms with E-state index in [2.05, 4.69) is 0 Å². The number of likely N-dealkylation sites (tertiary alicyclic amines) is 1. The second kappa shape index (κ2) is 4.05. The minimum absolute atomic E-state index is 0.0258. The molecule has 2 heterocycles. The normalized spacial score (nSPS) is 54.0. The fourth-order valence-corrected chi connectivity index (χ4v) is 4.52. The van der Waals surface area contributed by atoms with Crippen LogP contribution in [0.1, 0.15) is 42.7 Å². The molecular weight excluding hydrogens is 278 g/mol. The number of methoxy groups -OCH3 is 1. The summed E-state index contributed by atoms with van der Waals surface area (Å²) in [5.41, 5.74) is -0.966. The van der Waals surface area contributed by atoms with Gasteiger partial charge in [-0.05, 0) is 50.3 Å². The van der Waals surface area contributed by atoms with Crippen LogP contribution >= 0.6 is 0 Å². The molecule has 0 N–H and O–H groups in total. The SMILES string of the molecule is [2H]c1c([2H])c(OC)c2c3c1C[C@]1([2H])[C@@H]4CC([2H])([2H])C(=O)C([2H])(O2)[C@]34CCN1C([2H])([2H])[2H]. The van der Waals surface area contributed by atoms with Crippen LogP contribution in [-0.4, -0.2) is 43.4 Å². The first-order valence-electron chi connectivity index (χ1n) is 11.9. The predicted molar refractivity (Wildman–Crippen MR) is 81.6 cm³/mol. The predicted octanol–water partition coefficient (Wildman–Crippen LogP) is 1.93. The molecule has 22 heavy (non-hydrogen) atoms. The Morgan fingerprint density at radius 2 is 2.55 bits per heavy atom. The third kappa shape index (κ3) is 1.27. The summed E-state index contributed by atoms with van der Waals surface area (Å²) in [7, 11) is 1.28. The van der Waals surface area contributed by atoms with Crippen LogP contribution in [0.25, 0.3) is 0 Å². The van der Waals surface area contributed by atoms with E-state index in [9.17, 15) is 6.17 Å². The molecule has 1 saturated carbocycles. The number of rotatable bonds is 1. The largest absolute Gasteiger partial charge is 0.493 e. The van der Waals surface area contributed by atoms with Crippen molar-refractivity contribution in [2.24, 2.45) is 5.92 Å². The van der Waals surface area contributed by atoms with E-state index in [0.717, 1.165) is 4.90 Å². The molecule has 4 atom stereocenters. The van der Waals surface area contributed by atoms with Crippen molar-refractivity contribution < 1.29 is 26.6 Å². The second-order valence-corrected chi connectivity index (χ2v) is 6.20. The van der Waals surface area contributed by atoms with Crippen molar-refractivity contribution >= 4 is 5.78 Å². The number of ether oxygens (including phenoxy) is 2. The highest BCUT2D eigenvalue weighted by Crippen LogP contribution is 2.62. The van der Waals surface area contributed by atoms with E-state index < -0.39 is 49.0 Å². The third-order valence-corrected chi connectivity index (χ3v) is 5.43. The summed E-state index contributed by atoms with van der Waals surface area (Å²) >= 11 is 0. The number of ketones is 1. The smallest absolute Gasteiger partial charge is 0.174 e. The summed E-state index contributed by atoms with van der Waals surface area (Å²) in [6.07, 6.45) is -5.65. The number of Topliss-reactive ketones (excluding diaryl/α,β-unsaturated/α-hetero) is 1. The number of benzene rings is 1. The Morgan fingerprint density at radius 1 is 1.64 bits per heavy atom. The zero-order chi connectivity index (χ0) is 22.9. The van der Waals surface area contributed by atoms with Crippen LogP contribution in [0.2, 0.25) is 0 Å². The van der Waals surface area contributed by atoms with Crippen LogP contribution in [0.5, 0.6) is 11.5 Å². The topological polar surface area (TPSA) is 38.8 Å². The van der Waals surface area contributed by atoms with Crippen molar-refractivity contribution in [2.75, 3.05) is 20.6 Å². The maximum atomic E-state index is 13.2. The van der Waals surface area contributed by atoms with Gasteiger partial charge < -0.3 is 14.4 Å². The van der Waals surface area contributed by atoms with Gasteiger partial charge in [0.05, 0.1) is 11.2 Å². The molecule has 1 aromatic rings. The number of hydrogen-bond donors (Lipinski definition) is 0. The molecule has 5 rings (SSSR count). The molecule has 2 aliphatic heterocycles. The molecule has 0 radical (unpaired) electrons. The van der Waals surface area contributed by atoms with Gasteiger partial charge in [0, 0.05) is 31.6 Å². The summed E-state index contributed by atoms with van der Waals surface area (Å²) in [4.78, 5) is 14.2. The van der Waals surface area contributed by atoms with E-state index in [0.29, 0.717) is 5.56 Å². The van der Waals surface area contributed by atoms with Gasteiger partial charge in [-0.15, -0.1) is 0 Å². The quantitative estimate of drug-likeness (QED) is 0.795. The number of carbonyl (C=O) groups excluding carboxylic acids is 1. The molecule has 1 saturated heterocycles. The molecule has 4 heteroatoms. The Balaban J connectivity index is 1.91. The lowest BCUT2D eigenvalue weighted by Crippen LogP contribution is -2.65. The maximum Gasteiger partial charge on any atom is 0.174 e. The minimum atomic E-state index is -2.67. The van der Waals surface area contributed by atoms with Crippen LogP contribution in [0.15, 0.2) is 12.1 Å². The maximum absolute atomic E-state index is 13.2. The molecule has 2 aliphatic carbocycles. The van der Waals surface area contributed by atoms with Crippen molar-refractivity contribution in [3.63, 3.8) is 0 Å².